The van der Waals surface area contributed by atoms with Crippen LogP contribution in [0.3, 0.4) is 0 Å². The van der Waals surface area contributed by atoms with E-state index in [2.05, 4.69) is 48.7 Å². The van der Waals surface area contributed by atoms with E-state index in [9.17, 15) is 9.59 Å². The number of hydrogen-bond acceptors (Lipinski definition) is 7. The van der Waals surface area contributed by atoms with Crippen LogP contribution in [0.2, 0.25) is 10.2 Å². The molecule has 1 atom stereocenters. The number of nitrogens with one attached hydrogen (secondary N) is 1. The molecule has 37 heavy (non-hydrogen) atoms. The molecule has 0 bridgehead atoms. The zero-order valence-electron chi connectivity index (χ0n) is 21.3. The van der Waals surface area contributed by atoms with Crippen LogP contribution < -0.4 is 16.1 Å². The molecule has 4 heterocycles. The third-order valence-electron chi connectivity index (χ3n) is 7.67. The van der Waals surface area contributed by atoms with Crippen LogP contribution in [-0.2, 0) is 13.6 Å². The third kappa shape index (κ3) is 5.55. The maximum Gasteiger partial charge on any atom is 0.329 e. The lowest BCUT2D eigenvalue weighted by atomic mass is 9.97. The van der Waals surface area contributed by atoms with Gasteiger partial charge < -0.3 is 4.90 Å². The van der Waals surface area contributed by atoms with E-state index in [0.717, 1.165) is 74.5 Å². The summed E-state index contributed by atoms with van der Waals surface area (Å²) in [6.45, 7) is 7.80. The van der Waals surface area contributed by atoms with E-state index in [1.807, 2.05) is 12.1 Å². The lowest BCUT2D eigenvalue weighted by molar-refractivity contribution is 0.0589. The van der Waals surface area contributed by atoms with Crippen molar-refractivity contribution in [3.8, 4) is 0 Å². The Hall–Kier alpha value is -2.46. The number of halogens is 2. The molecule has 0 aliphatic carbocycles. The molecule has 3 aromatic rings. The Labute approximate surface area is 226 Å². The molecule has 9 nitrogen and oxygen atoms in total. The van der Waals surface area contributed by atoms with Gasteiger partial charge in [0.1, 0.15) is 0 Å². The van der Waals surface area contributed by atoms with Gasteiger partial charge in [-0.3, -0.25) is 24.1 Å². The summed E-state index contributed by atoms with van der Waals surface area (Å²) in [4.78, 5) is 43.4. The summed E-state index contributed by atoms with van der Waals surface area (Å²) in [5.74, 6) is 0.525. The van der Waals surface area contributed by atoms with Gasteiger partial charge >= 0.3 is 5.69 Å². The first-order valence-corrected chi connectivity index (χ1v) is 13.7. The predicted octanol–water partition coefficient (Wildman–Crippen LogP) is 3.28. The zero-order chi connectivity index (χ0) is 26.1. The summed E-state index contributed by atoms with van der Waals surface area (Å²) in [5, 5.41) is 0.966. The normalized spacial score (nSPS) is 20.1. The van der Waals surface area contributed by atoms with Crippen molar-refractivity contribution in [3.05, 3.63) is 60.8 Å². The second kappa shape index (κ2) is 11.1. The molecule has 11 heteroatoms. The summed E-state index contributed by atoms with van der Waals surface area (Å²) in [6, 6.07) is 9.07. The lowest BCUT2D eigenvalue weighted by Crippen LogP contribution is -2.58. The van der Waals surface area contributed by atoms with Gasteiger partial charge in [0.05, 0.1) is 0 Å². The molecule has 0 radical (unpaired) electrons. The Kier molecular flexibility index (Phi) is 7.85. The highest BCUT2D eigenvalue weighted by atomic mass is 35.5. The fraction of sp³-hybridized carbons (Fsp3) is 0.538. The maximum absolute atomic E-state index is 12.4. The number of anilines is 1. The number of H-pyrrole nitrogens is 1. The Balaban J connectivity index is 1.27. The highest BCUT2D eigenvalue weighted by Crippen LogP contribution is 2.29. The van der Waals surface area contributed by atoms with Crippen molar-refractivity contribution in [2.24, 2.45) is 7.05 Å². The van der Waals surface area contributed by atoms with Gasteiger partial charge in [0.15, 0.2) is 22.1 Å². The summed E-state index contributed by atoms with van der Waals surface area (Å²) in [7, 11) is 1.40. The zero-order valence-corrected chi connectivity index (χ0v) is 22.8. The van der Waals surface area contributed by atoms with E-state index in [1.165, 1.54) is 12.6 Å². The number of hydrogen-bond donors (Lipinski definition) is 1. The summed E-state index contributed by atoms with van der Waals surface area (Å²) < 4.78 is 0.976. The minimum atomic E-state index is -0.517. The van der Waals surface area contributed by atoms with E-state index in [0.29, 0.717) is 17.9 Å². The predicted molar refractivity (Wildman–Crippen MR) is 148 cm³/mol. The van der Waals surface area contributed by atoms with Crippen molar-refractivity contribution < 1.29 is 0 Å². The quantitative estimate of drug-likeness (QED) is 0.508. The highest BCUT2D eigenvalue weighted by Gasteiger charge is 2.34. The lowest BCUT2D eigenvalue weighted by Gasteiger charge is -2.48. The van der Waals surface area contributed by atoms with Gasteiger partial charge in [-0.15, -0.1) is 0 Å². The molecule has 2 aliphatic heterocycles. The van der Waals surface area contributed by atoms with Gasteiger partial charge in [-0.05, 0) is 50.0 Å². The molecule has 2 fully saturated rings. The van der Waals surface area contributed by atoms with Gasteiger partial charge in [-0.1, -0.05) is 48.7 Å². The number of aromatic amines is 1. The first kappa shape index (κ1) is 26.2. The molecule has 0 saturated carbocycles. The molecular weight excluding hydrogens is 513 g/mol. The second-order valence-corrected chi connectivity index (χ2v) is 10.9. The Bertz CT molecular complexity index is 1370. The van der Waals surface area contributed by atoms with Crippen molar-refractivity contribution in [2.75, 3.05) is 37.6 Å². The maximum atomic E-state index is 12.4. The average Bonchev–Trinajstić information content (AvgIpc) is 2.90. The fourth-order valence-electron chi connectivity index (χ4n) is 5.67. The largest absolute Gasteiger partial charge is 0.351 e. The Morgan fingerprint density at radius 2 is 1.76 bits per heavy atom. The minimum absolute atomic E-state index is 0.0740. The van der Waals surface area contributed by atoms with Crippen LogP contribution >= 0.6 is 23.2 Å². The van der Waals surface area contributed by atoms with E-state index in [4.69, 9.17) is 23.2 Å². The molecule has 2 aromatic heterocycles. The number of piperazine rings is 1. The smallest absolute Gasteiger partial charge is 0.329 e. The number of piperidine rings is 1. The van der Waals surface area contributed by atoms with Crippen LogP contribution in [0, 0.1) is 0 Å². The van der Waals surface area contributed by atoms with Gasteiger partial charge in [0.25, 0.3) is 5.56 Å². The number of nitrogens with zero attached hydrogens (tertiary/aromatic N) is 6. The van der Waals surface area contributed by atoms with Crippen molar-refractivity contribution in [3.63, 3.8) is 0 Å². The molecule has 5 rings (SSSR count). The van der Waals surface area contributed by atoms with Crippen LogP contribution in [0.15, 0.2) is 33.9 Å². The van der Waals surface area contributed by atoms with Crippen LogP contribution in [-0.4, -0.2) is 74.1 Å². The number of aromatic nitrogens is 4. The summed E-state index contributed by atoms with van der Waals surface area (Å²) >= 11 is 12.6. The van der Waals surface area contributed by atoms with E-state index in [-0.39, 0.29) is 16.3 Å². The first-order valence-electron chi connectivity index (χ1n) is 13.0. The number of likely N-dealkylation sites (tertiary alicyclic amines) is 1. The summed E-state index contributed by atoms with van der Waals surface area (Å²) in [5.41, 5.74) is 0.528. The van der Waals surface area contributed by atoms with Crippen molar-refractivity contribution in [2.45, 2.75) is 51.2 Å². The van der Waals surface area contributed by atoms with Crippen LogP contribution in [0.5, 0.6) is 0 Å². The molecule has 198 valence electrons. The molecule has 0 unspecified atom stereocenters. The van der Waals surface area contributed by atoms with E-state index in [1.54, 1.807) is 0 Å². The standard InChI is InChI=1S/C26H33Cl2N7O2/c1-3-4-20-16-34(24-22(28)29-21-23(30-24)31-26(37)32(2)25(21)36)13-14-35(20)19-9-11-33(12-10-19)15-17-5-7-18(27)8-6-17/h5-8,19-20H,3-4,9-16H2,1-2H3,(H,30,31,37)/t20-/m0/s1. The number of rotatable bonds is 6. The topological polar surface area (TPSA) is 90.4 Å². The van der Waals surface area contributed by atoms with Crippen molar-refractivity contribution in [1.29, 1.82) is 0 Å². The third-order valence-corrected chi connectivity index (χ3v) is 8.17. The number of benzene rings is 1. The Morgan fingerprint density at radius 3 is 2.46 bits per heavy atom. The SMILES string of the molecule is CCC[C@H]1CN(c2nc3[nH]c(=O)n(C)c(=O)c3nc2Cl)CCN1C1CCN(Cc2ccc(Cl)cc2)CC1. The van der Waals surface area contributed by atoms with Crippen LogP contribution in [0.1, 0.15) is 38.2 Å². The van der Waals surface area contributed by atoms with Gasteiger partial charge in [-0.2, -0.15) is 0 Å². The van der Waals surface area contributed by atoms with E-state index < -0.39 is 11.2 Å². The van der Waals surface area contributed by atoms with E-state index >= 15 is 0 Å². The van der Waals surface area contributed by atoms with Gasteiger partial charge in [0.2, 0.25) is 0 Å². The summed E-state index contributed by atoms with van der Waals surface area (Å²) in [6.07, 6.45) is 4.46. The Morgan fingerprint density at radius 1 is 1.03 bits per heavy atom. The van der Waals surface area contributed by atoms with Crippen LogP contribution in [0.25, 0.3) is 11.2 Å². The molecule has 1 aromatic carbocycles. The van der Waals surface area contributed by atoms with Crippen LogP contribution in [0.4, 0.5) is 5.82 Å². The molecule has 2 saturated heterocycles. The minimum Gasteiger partial charge on any atom is -0.351 e. The van der Waals surface area contributed by atoms with Gasteiger partial charge in [-0.25, -0.2) is 14.8 Å². The fourth-order valence-corrected chi connectivity index (χ4v) is 6.04. The highest BCUT2D eigenvalue weighted by molar-refractivity contribution is 6.32. The first-order chi connectivity index (χ1) is 17.8. The van der Waals surface area contributed by atoms with Crippen molar-refractivity contribution >= 4 is 40.2 Å². The second-order valence-electron chi connectivity index (χ2n) is 10.1. The number of fused-ring (bicyclic) bond motifs is 1. The average molecular weight is 547 g/mol. The van der Waals surface area contributed by atoms with Crippen molar-refractivity contribution in [1.82, 2.24) is 29.3 Å². The molecular formula is C26H33Cl2N7O2. The molecule has 1 N–H and O–H groups in total. The molecule has 2 aliphatic rings. The molecule has 0 spiro atoms. The molecule has 0 amide bonds. The monoisotopic (exact) mass is 545 g/mol. The van der Waals surface area contributed by atoms with Gasteiger partial charge in [0, 0.05) is 50.3 Å².